The average Bonchev–Trinajstić information content (AvgIpc) is 2.32. The molecule has 1 saturated carbocycles. The lowest BCUT2D eigenvalue weighted by Gasteiger charge is -2.44. The Morgan fingerprint density at radius 2 is 1.48 bits per heavy atom. The standard InChI is InChI=1S/C14H17F6NO4/c1-4-25-10(24)21-12(13(15,16)17,14(18,19)20)9-7(22)5-11(2,3)6-8(9)23/h9H,4-6H2,1-3H3,(H,21,24). The zero-order valence-electron chi connectivity index (χ0n) is 13.6. The average molecular weight is 377 g/mol. The number of nitrogens with one attached hydrogen (secondary N) is 1. The first-order valence-electron chi connectivity index (χ1n) is 7.23. The smallest absolute Gasteiger partial charge is 0.421 e. The number of Topliss-reactive ketones (excluding diaryl/α,β-unsaturated/α-hetero) is 2. The van der Waals surface area contributed by atoms with Gasteiger partial charge in [0.25, 0.3) is 5.54 Å². The van der Waals surface area contributed by atoms with E-state index in [4.69, 9.17) is 0 Å². The van der Waals surface area contributed by atoms with E-state index in [1.807, 2.05) is 0 Å². The number of hydrogen-bond donors (Lipinski definition) is 1. The molecule has 0 bridgehead atoms. The van der Waals surface area contributed by atoms with Crippen molar-refractivity contribution in [2.75, 3.05) is 6.61 Å². The van der Waals surface area contributed by atoms with Crippen LogP contribution in [0.4, 0.5) is 31.1 Å². The second kappa shape index (κ2) is 6.49. The van der Waals surface area contributed by atoms with Gasteiger partial charge >= 0.3 is 18.4 Å². The van der Waals surface area contributed by atoms with Crippen LogP contribution in [0, 0.1) is 11.3 Å². The maximum Gasteiger partial charge on any atom is 0.421 e. The maximum atomic E-state index is 13.5. The first-order valence-corrected chi connectivity index (χ1v) is 7.23. The van der Waals surface area contributed by atoms with E-state index < -0.39 is 66.3 Å². The molecule has 0 radical (unpaired) electrons. The highest BCUT2D eigenvalue weighted by atomic mass is 19.4. The summed E-state index contributed by atoms with van der Waals surface area (Å²) in [6.07, 6.45) is -15.7. The van der Waals surface area contributed by atoms with Crippen LogP contribution in [0.1, 0.15) is 33.6 Å². The highest BCUT2D eigenvalue weighted by Gasteiger charge is 2.78. The minimum absolute atomic E-state index is 0.503. The molecule has 1 N–H and O–H groups in total. The van der Waals surface area contributed by atoms with E-state index in [0.717, 1.165) is 0 Å². The molecule has 0 heterocycles. The van der Waals surface area contributed by atoms with Gasteiger partial charge in [0.15, 0.2) is 0 Å². The molecule has 0 aliphatic heterocycles. The number of rotatable bonds is 3. The Morgan fingerprint density at radius 1 is 1.08 bits per heavy atom. The molecule has 0 unspecified atom stereocenters. The van der Waals surface area contributed by atoms with Crippen LogP contribution in [0.2, 0.25) is 0 Å². The van der Waals surface area contributed by atoms with Gasteiger partial charge in [-0.15, -0.1) is 0 Å². The lowest BCUT2D eigenvalue weighted by Crippen LogP contribution is -2.75. The summed E-state index contributed by atoms with van der Waals surface area (Å²) in [6.45, 7) is 3.42. The fourth-order valence-corrected chi connectivity index (χ4v) is 2.90. The van der Waals surface area contributed by atoms with Gasteiger partial charge in [0.1, 0.15) is 17.5 Å². The number of ketones is 2. The van der Waals surface area contributed by atoms with Crippen LogP contribution < -0.4 is 5.32 Å². The van der Waals surface area contributed by atoms with Crippen LogP contribution in [0.15, 0.2) is 0 Å². The highest BCUT2D eigenvalue weighted by Crippen LogP contribution is 2.51. The molecule has 1 aliphatic rings. The summed E-state index contributed by atoms with van der Waals surface area (Å²) >= 11 is 0. The quantitative estimate of drug-likeness (QED) is 0.606. The zero-order chi connectivity index (χ0) is 19.8. The number of amides is 1. The minimum Gasteiger partial charge on any atom is -0.450 e. The third kappa shape index (κ3) is 3.90. The van der Waals surface area contributed by atoms with Gasteiger partial charge in [-0.3, -0.25) is 14.9 Å². The summed E-state index contributed by atoms with van der Waals surface area (Å²) in [5.74, 6) is -6.19. The minimum atomic E-state index is -6.16. The number of hydrogen-bond acceptors (Lipinski definition) is 4. The molecule has 0 aromatic heterocycles. The maximum absolute atomic E-state index is 13.5. The number of alkyl halides is 6. The van der Waals surface area contributed by atoms with Crippen molar-refractivity contribution in [3.05, 3.63) is 0 Å². The van der Waals surface area contributed by atoms with E-state index >= 15 is 0 Å². The summed E-state index contributed by atoms with van der Waals surface area (Å²) < 4.78 is 85.1. The van der Waals surface area contributed by atoms with Crippen LogP contribution in [0.25, 0.3) is 0 Å². The molecule has 1 aliphatic carbocycles. The predicted molar refractivity (Wildman–Crippen MR) is 71.5 cm³/mol. The van der Waals surface area contributed by atoms with E-state index in [2.05, 4.69) is 4.74 Å². The lowest BCUT2D eigenvalue weighted by molar-refractivity contribution is -0.315. The second-order valence-corrected chi connectivity index (χ2v) is 6.53. The molecule has 0 aromatic rings. The van der Waals surface area contributed by atoms with E-state index in [0.29, 0.717) is 5.32 Å². The molecule has 5 nitrogen and oxygen atoms in total. The predicted octanol–water partition coefficient (Wildman–Crippen LogP) is 3.17. The molecule has 144 valence electrons. The molecule has 1 amide bonds. The van der Waals surface area contributed by atoms with Crippen molar-refractivity contribution in [3.8, 4) is 0 Å². The fourth-order valence-electron chi connectivity index (χ4n) is 2.90. The van der Waals surface area contributed by atoms with Crippen LogP contribution >= 0.6 is 0 Å². The van der Waals surface area contributed by atoms with E-state index in [9.17, 15) is 40.7 Å². The number of carbonyl (C=O) groups excluding carboxylic acids is 3. The van der Waals surface area contributed by atoms with Gasteiger partial charge in [0.2, 0.25) is 0 Å². The van der Waals surface area contributed by atoms with Crippen molar-refractivity contribution in [3.63, 3.8) is 0 Å². The number of carbonyl (C=O) groups is 3. The van der Waals surface area contributed by atoms with E-state index in [1.165, 1.54) is 20.8 Å². The Labute approximate surface area is 139 Å². The van der Waals surface area contributed by atoms with Crippen molar-refractivity contribution in [2.45, 2.75) is 51.5 Å². The van der Waals surface area contributed by atoms with Gasteiger partial charge in [-0.25, -0.2) is 4.79 Å². The zero-order valence-corrected chi connectivity index (χ0v) is 13.6. The van der Waals surface area contributed by atoms with Gasteiger partial charge in [-0.1, -0.05) is 13.8 Å². The highest BCUT2D eigenvalue weighted by molar-refractivity contribution is 6.07. The van der Waals surface area contributed by atoms with Crippen LogP contribution in [-0.2, 0) is 14.3 Å². The third-order valence-electron chi connectivity index (χ3n) is 3.85. The number of halogens is 6. The van der Waals surface area contributed by atoms with Gasteiger partial charge in [-0.2, -0.15) is 26.3 Å². The summed E-state index contributed by atoms with van der Waals surface area (Å²) in [5, 5.41) is 0.716. The molecule has 25 heavy (non-hydrogen) atoms. The van der Waals surface area contributed by atoms with Crippen molar-refractivity contribution < 1.29 is 45.5 Å². The molecular weight excluding hydrogens is 360 g/mol. The van der Waals surface area contributed by atoms with Crippen LogP contribution in [-0.4, -0.2) is 42.2 Å². The molecule has 0 spiro atoms. The molecule has 1 rings (SSSR count). The first-order chi connectivity index (χ1) is 11.1. The van der Waals surface area contributed by atoms with Crippen molar-refractivity contribution >= 4 is 17.7 Å². The summed E-state index contributed by atoms with van der Waals surface area (Å²) in [7, 11) is 0. The molecule has 11 heteroatoms. The van der Waals surface area contributed by atoms with E-state index in [1.54, 1.807) is 0 Å². The third-order valence-corrected chi connectivity index (χ3v) is 3.85. The second-order valence-electron chi connectivity index (χ2n) is 6.53. The largest absolute Gasteiger partial charge is 0.450 e. The van der Waals surface area contributed by atoms with Crippen molar-refractivity contribution in [2.24, 2.45) is 11.3 Å². The number of alkyl carbamates (subject to hydrolysis) is 1. The van der Waals surface area contributed by atoms with Gasteiger partial charge in [0, 0.05) is 12.8 Å². The lowest BCUT2D eigenvalue weighted by atomic mass is 9.64. The SMILES string of the molecule is CCOC(=O)NC(C1C(=O)CC(C)(C)CC1=O)(C(F)(F)F)C(F)(F)F. The van der Waals surface area contributed by atoms with Crippen LogP contribution in [0.3, 0.4) is 0 Å². The van der Waals surface area contributed by atoms with Crippen molar-refractivity contribution in [1.29, 1.82) is 0 Å². The Hall–Kier alpha value is -1.81. The monoisotopic (exact) mass is 377 g/mol. The molecule has 1 fully saturated rings. The van der Waals surface area contributed by atoms with Gasteiger partial charge < -0.3 is 4.74 Å². The van der Waals surface area contributed by atoms with Gasteiger partial charge in [-0.05, 0) is 12.3 Å². The van der Waals surface area contributed by atoms with E-state index in [-0.39, 0.29) is 0 Å². The van der Waals surface area contributed by atoms with Gasteiger partial charge in [0.05, 0.1) is 6.61 Å². The normalized spacial score (nSPS) is 19.7. The van der Waals surface area contributed by atoms with Crippen molar-refractivity contribution in [1.82, 2.24) is 5.32 Å². The summed E-state index contributed by atoms with van der Waals surface area (Å²) in [6, 6.07) is 0. The molecular formula is C14H17F6NO4. The first kappa shape index (κ1) is 21.2. The Bertz CT molecular complexity index is 533. The summed E-state index contributed by atoms with van der Waals surface area (Å²) in [5.41, 5.74) is -6.12. The topological polar surface area (TPSA) is 72.5 Å². The molecule has 0 aromatic carbocycles. The number of ether oxygens (including phenoxy) is 1. The van der Waals surface area contributed by atoms with Crippen LogP contribution in [0.5, 0.6) is 0 Å². The summed E-state index contributed by atoms with van der Waals surface area (Å²) in [4.78, 5) is 35.6. The molecule has 0 saturated heterocycles. The fraction of sp³-hybridized carbons (Fsp3) is 0.786. The Balaban J connectivity index is 3.57. The Morgan fingerprint density at radius 3 is 1.80 bits per heavy atom. The Kier molecular flexibility index (Phi) is 5.51. The molecule has 0 atom stereocenters.